The molecule has 0 aliphatic carbocycles. The lowest BCUT2D eigenvalue weighted by Crippen LogP contribution is -2.44. The minimum absolute atomic E-state index is 0.0361. The number of hydrogen-bond acceptors (Lipinski definition) is 4. The number of ether oxygens (including phenoxy) is 2. The van der Waals surface area contributed by atoms with Gasteiger partial charge in [-0.2, -0.15) is 0 Å². The molecule has 4 rings (SSSR count). The van der Waals surface area contributed by atoms with Gasteiger partial charge in [0.2, 0.25) is 5.91 Å². The summed E-state index contributed by atoms with van der Waals surface area (Å²) in [4.78, 5) is 15.9. The summed E-state index contributed by atoms with van der Waals surface area (Å²) in [5, 5.41) is 3.14. The lowest BCUT2D eigenvalue weighted by Gasteiger charge is -2.36. The Morgan fingerprint density at radius 3 is 2.34 bits per heavy atom. The number of nitrogens with zero attached hydrogens (tertiary/aromatic N) is 1. The smallest absolute Gasteiger partial charge is 0.235 e. The normalized spacial score (nSPS) is 23.4. The second kappa shape index (κ2) is 10.5. The predicted molar refractivity (Wildman–Crippen MR) is 128 cm³/mol. The highest BCUT2D eigenvalue weighted by molar-refractivity contribution is 5.99. The number of piperidine rings is 1. The molecule has 2 aliphatic rings. The van der Waals surface area contributed by atoms with Crippen LogP contribution in [0.1, 0.15) is 38.7 Å². The summed E-state index contributed by atoms with van der Waals surface area (Å²) in [7, 11) is 0. The van der Waals surface area contributed by atoms with Gasteiger partial charge >= 0.3 is 0 Å². The van der Waals surface area contributed by atoms with Crippen LogP contribution in [0.3, 0.4) is 0 Å². The number of likely N-dealkylation sites (tertiary alicyclic amines) is 1. The predicted octanol–water partition coefficient (Wildman–Crippen LogP) is 4.73. The highest BCUT2D eigenvalue weighted by Gasteiger charge is 2.41. The molecule has 2 atom stereocenters. The molecule has 0 spiro atoms. The highest BCUT2D eigenvalue weighted by Crippen LogP contribution is 2.36. The summed E-state index contributed by atoms with van der Waals surface area (Å²) >= 11 is 0. The topological polar surface area (TPSA) is 50.8 Å². The lowest BCUT2D eigenvalue weighted by atomic mass is 9.73. The molecule has 2 heterocycles. The Balaban J connectivity index is 1.33. The fourth-order valence-electron chi connectivity index (χ4n) is 5.28. The van der Waals surface area contributed by atoms with Crippen LogP contribution in [0.2, 0.25) is 0 Å². The van der Waals surface area contributed by atoms with Gasteiger partial charge in [-0.3, -0.25) is 9.69 Å². The first kappa shape index (κ1) is 22.8. The van der Waals surface area contributed by atoms with Crippen LogP contribution in [0.4, 0.5) is 5.69 Å². The second-order valence-corrected chi connectivity index (χ2v) is 9.59. The molecule has 0 unspecified atom stereocenters. The summed E-state index contributed by atoms with van der Waals surface area (Å²) < 4.78 is 11.5. The van der Waals surface area contributed by atoms with E-state index in [-0.39, 0.29) is 5.91 Å². The van der Waals surface area contributed by atoms with Gasteiger partial charge in [-0.1, -0.05) is 44.2 Å². The molecule has 2 aliphatic heterocycles. The number of carbonyl (C=O) groups excluding carboxylic acids is 1. The van der Waals surface area contributed by atoms with E-state index in [1.807, 2.05) is 54.6 Å². The third-order valence-electron chi connectivity index (χ3n) is 6.84. The maximum absolute atomic E-state index is 13.4. The monoisotopic (exact) mass is 436 g/mol. The van der Waals surface area contributed by atoms with Crippen molar-refractivity contribution in [3.05, 3.63) is 60.2 Å². The molecule has 1 N–H and O–H groups in total. The Kier molecular flexibility index (Phi) is 7.48. The van der Waals surface area contributed by atoms with Crippen LogP contribution in [-0.2, 0) is 14.9 Å². The van der Waals surface area contributed by atoms with Gasteiger partial charge in [-0.15, -0.1) is 0 Å². The van der Waals surface area contributed by atoms with E-state index in [4.69, 9.17) is 9.47 Å². The Morgan fingerprint density at radius 1 is 1.03 bits per heavy atom. The Morgan fingerprint density at radius 2 is 1.69 bits per heavy atom. The molecule has 5 heteroatoms. The Hall–Kier alpha value is -2.37. The summed E-state index contributed by atoms with van der Waals surface area (Å²) in [6.07, 6.45) is 2.71. The quantitative estimate of drug-likeness (QED) is 0.682. The van der Waals surface area contributed by atoms with Gasteiger partial charge < -0.3 is 14.8 Å². The van der Waals surface area contributed by atoms with Gasteiger partial charge in [-0.25, -0.2) is 0 Å². The van der Waals surface area contributed by atoms with E-state index in [1.165, 1.54) is 6.42 Å². The molecule has 1 amide bonds. The molecule has 2 saturated heterocycles. The standard InChI is InChI=1S/C27H36N2O3/c1-21-18-22(2)20-29(19-21)14-17-32-25-10-8-24(9-11-25)28-26(30)27(12-15-31-16-13-27)23-6-4-3-5-7-23/h3-11,21-22H,12-20H2,1-2H3,(H,28,30)/t21-,22+. The number of hydrogen-bond donors (Lipinski definition) is 1. The van der Waals surface area contributed by atoms with E-state index in [9.17, 15) is 4.79 Å². The van der Waals surface area contributed by atoms with Crippen molar-refractivity contribution in [1.29, 1.82) is 0 Å². The SMILES string of the molecule is C[C@@H]1C[C@H](C)CN(CCOc2ccc(NC(=O)C3(c4ccccc4)CCOCC3)cc2)C1. The molecule has 0 aromatic heterocycles. The zero-order valence-corrected chi connectivity index (χ0v) is 19.4. The maximum Gasteiger partial charge on any atom is 0.235 e. The molecular weight excluding hydrogens is 400 g/mol. The molecule has 0 saturated carbocycles. The van der Waals surface area contributed by atoms with Crippen molar-refractivity contribution in [2.24, 2.45) is 11.8 Å². The van der Waals surface area contributed by atoms with Gasteiger partial charge in [0.25, 0.3) is 0 Å². The average Bonchev–Trinajstić information content (AvgIpc) is 2.80. The number of rotatable bonds is 7. The Labute approximate surface area is 192 Å². The summed E-state index contributed by atoms with van der Waals surface area (Å²) in [5.74, 6) is 2.40. The molecule has 2 fully saturated rings. The minimum atomic E-state index is -0.544. The van der Waals surface area contributed by atoms with Crippen LogP contribution < -0.4 is 10.1 Å². The molecule has 5 nitrogen and oxygen atoms in total. The Bertz CT molecular complexity index is 852. The molecule has 32 heavy (non-hydrogen) atoms. The maximum atomic E-state index is 13.4. The second-order valence-electron chi connectivity index (χ2n) is 9.59. The first-order chi connectivity index (χ1) is 15.5. The third-order valence-corrected chi connectivity index (χ3v) is 6.84. The van der Waals surface area contributed by atoms with Crippen molar-refractivity contribution in [3.8, 4) is 5.75 Å². The minimum Gasteiger partial charge on any atom is -0.492 e. The molecule has 2 aromatic carbocycles. The largest absolute Gasteiger partial charge is 0.492 e. The van der Waals surface area contributed by atoms with Crippen molar-refractivity contribution in [2.75, 3.05) is 44.8 Å². The highest BCUT2D eigenvalue weighted by atomic mass is 16.5. The van der Waals surface area contributed by atoms with E-state index in [2.05, 4.69) is 24.1 Å². The van der Waals surface area contributed by atoms with Crippen molar-refractivity contribution in [3.63, 3.8) is 0 Å². The van der Waals surface area contributed by atoms with Crippen LogP contribution >= 0.6 is 0 Å². The number of anilines is 1. The number of benzene rings is 2. The van der Waals surface area contributed by atoms with Crippen molar-refractivity contribution in [2.45, 2.75) is 38.5 Å². The van der Waals surface area contributed by atoms with E-state index in [0.717, 1.165) is 48.5 Å². The number of amides is 1. The van der Waals surface area contributed by atoms with Crippen molar-refractivity contribution >= 4 is 11.6 Å². The molecular formula is C27H36N2O3. The van der Waals surface area contributed by atoms with Crippen molar-refractivity contribution in [1.82, 2.24) is 4.90 Å². The number of nitrogens with one attached hydrogen (secondary N) is 1. The van der Waals surface area contributed by atoms with Gasteiger partial charge in [0, 0.05) is 38.5 Å². The fourth-order valence-corrected chi connectivity index (χ4v) is 5.28. The van der Waals surface area contributed by atoms with Crippen molar-refractivity contribution < 1.29 is 14.3 Å². The fraction of sp³-hybridized carbons (Fsp3) is 0.519. The van der Waals surface area contributed by atoms with Crippen LogP contribution in [0, 0.1) is 11.8 Å². The van der Waals surface area contributed by atoms with E-state index >= 15 is 0 Å². The molecule has 2 aromatic rings. The molecule has 0 bridgehead atoms. The first-order valence-corrected chi connectivity index (χ1v) is 11.9. The summed E-state index contributed by atoms with van der Waals surface area (Å²) in [6, 6.07) is 17.8. The zero-order valence-electron chi connectivity index (χ0n) is 19.4. The van der Waals surface area contributed by atoms with E-state index in [0.29, 0.717) is 32.7 Å². The molecule has 0 radical (unpaired) electrons. The van der Waals surface area contributed by atoms with E-state index in [1.54, 1.807) is 0 Å². The number of carbonyl (C=O) groups is 1. The summed E-state index contributed by atoms with van der Waals surface area (Å²) in [5.41, 5.74) is 1.31. The van der Waals surface area contributed by atoms with Crippen LogP contribution in [-0.4, -0.2) is 50.3 Å². The van der Waals surface area contributed by atoms with Gasteiger partial charge in [0.15, 0.2) is 0 Å². The zero-order chi connectivity index (χ0) is 22.4. The summed E-state index contributed by atoms with van der Waals surface area (Å²) in [6.45, 7) is 9.82. The van der Waals surface area contributed by atoms with E-state index < -0.39 is 5.41 Å². The van der Waals surface area contributed by atoms with Crippen LogP contribution in [0.5, 0.6) is 5.75 Å². The average molecular weight is 437 g/mol. The lowest BCUT2D eigenvalue weighted by molar-refractivity contribution is -0.125. The van der Waals surface area contributed by atoms with Gasteiger partial charge in [0.05, 0.1) is 5.41 Å². The first-order valence-electron chi connectivity index (χ1n) is 11.9. The van der Waals surface area contributed by atoms with Gasteiger partial charge in [0.1, 0.15) is 12.4 Å². The third kappa shape index (κ3) is 5.51. The van der Waals surface area contributed by atoms with Crippen LogP contribution in [0.15, 0.2) is 54.6 Å². The van der Waals surface area contributed by atoms with Crippen LogP contribution in [0.25, 0.3) is 0 Å². The van der Waals surface area contributed by atoms with Gasteiger partial charge in [-0.05, 0) is 60.9 Å². The molecule has 172 valence electrons.